The van der Waals surface area contributed by atoms with Crippen LogP contribution in [0.25, 0.3) is 0 Å². The Kier molecular flexibility index (Phi) is 3.83. The van der Waals surface area contributed by atoms with E-state index in [1.165, 1.54) is 16.7 Å². The van der Waals surface area contributed by atoms with Crippen LogP contribution in [0.15, 0.2) is 48.5 Å². The van der Waals surface area contributed by atoms with Crippen molar-refractivity contribution in [3.05, 3.63) is 71.0 Å². The van der Waals surface area contributed by atoms with Gasteiger partial charge in [-0.15, -0.1) is 0 Å². The molecule has 0 saturated heterocycles. The third-order valence-corrected chi connectivity index (χ3v) is 4.19. The first-order valence-corrected chi connectivity index (χ1v) is 7.25. The summed E-state index contributed by atoms with van der Waals surface area (Å²) < 4.78 is 12.9. The van der Waals surface area contributed by atoms with Crippen LogP contribution < -0.4 is 5.32 Å². The molecule has 1 aliphatic carbocycles. The molecule has 3 rings (SSSR count). The first-order chi connectivity index (χ1) is 9.70. The average molecular weight is 269 g/mol. The van der Waals surface area contributed by atoms with Crippen LogP contribution >= 0.6 is 0 Å². The first-order valence-electron chi connectivity index (χ1n) is 7.25. The fraction of sp³-hybridized carbons (Fsp3) is 0.333. The summed E-state index contributed by atoms with van der Waals surface area (Å²) in [6, 6.07) is 16.2. The fourth-order valence-corrected chi connectivity index (χ4v) is 2.76. The number of hydrogen-bond acceptors (Lipinski definition) is 1. The van der Waals surface area contributed by atoms with Crippen LogP contribution in [0.5, 0.6) is 0 Å². The lowest BCUT2D eigenvalue weighted by Gasteiger charge is -2.36. The molecule has 0 aromatic heterocycles. The van der Waals surface area contributed by atoms with Gasteiger partial charge in [0.2, 0.25) is 0 Å². The third kappa shape index (κ3) is 3.07. The van der Waals surface area contributed by atoms with Gasteiger partial charge in [0.05, 0.1) is 0 Å². The van der Waals surface area contributed by atoms with Crippen molar-refractivity contribution in [3.63, 3.8) is 0 Å². The summed E-state index contributed by atoms with van der Waals surface area (Å²) >= 11 is 0. The maximum Gasteiger partial charge on any atom is 0.123 e. The van der Waals surface area contributed by atoms with Gasteiger partial charge in [-0.3, -0.25) is 0 Å². The molecule has 0 radical (unpaired) electrons. The number of hydrogen-bond donors (Lipinski definition) is 1. The van der Waals surface area contributed by atoms with Crippen molar-refractivity contribution in [2.24, 2.45) is 0 Å². The molecule has 1 fully saturated rings. The summed E-state index contributed by atoms with van der Waals surface area (Å²) in [5, 5.41) is 3.59. The zero-order valence-corrected chi connectivity index (χ0v) is 11.8. The molecule has 1 saturated carbocycles. The second-order valence-electron chi connectivity index (χ2n) is 5.78. The highest BCUT2D eigenvalue weighted by Crippen LogP contribution is 2.36. The molecular formula is C18H20FN. The first kappa shape index (κ1) is 13.3. The highest BCUT2D eigenvalue weighted by atomic mass is 19.1. The van der Waals surface area contributed by atoms with Crippen molar-refractivity contribution < 1.29 is 4.39 Å². The Morgan fingerprint density at radius 3 is 2.30 bits per heavy atom. The lowest BCUT2D eigenvalue weighted by atomic mass is 9.76. The van der Waals surface area contributed by atoms with Crippen LogP contribution in [0.2, 0.25) is 0 Å². The quantitative estimate of drug-likeness (QED) is 0.878. The van der Waals surface area contributed by atoms with Gasteiger partial charge < -0.3 is 5.32 Å². The van der Waals surface area contributed by atoms with Crippen molar-refractivity contribution >= 4 is 0 Å². The summed E-state index contributed by atoms with van der Waals surface area (Å²) in [6.45, 7) is 3.04. The predicted molar refractivity (Wildman–Crippen MR) is 80.2 cm³/mol. The van der Waals surface area contributed by atoms with Crippen molar-refractivity contribution in [1.82, 2.24) is 5.32 Å². The molecule has 0 amide bonds. The Bertz CT molecular complexity index is 550. The second kappa shape index (κ2) is 5.76. The predicted octanol–water partition coefficient (Wildman–Crippen LogP) is 4.17. The lowest BCUT2D eigenvalue weighted by Crippen LogP contribution is -2.39. The summed E-state index contributed by atoms with van der Waals surface area (Å²) in [4.78, 5) is 0. The zero-order chi connectivity index (χ0) is 13.9. The van der Waals surface area contributed by atoms with E-state index in [-0.39, 0.29) is 5.82 Å². The Hall–Kier alpha value is -1.67. The minimum absolute atomic E-state index is 0.151. The highest BCUT2D eigenvalue weighted by molar-refractivity contribution is 5.24. The lowest BCUT2D eigenvalue weighted by molar-refractivity contribution is 0.289. The molecule has 0 aliphatic heterocycles. The van der Waals surface area contributed by atoms with Crippen LogP contribution in [-0.4, -0.2) is 6.04 Å². The van der Waals surface area contributed by atoms with Gasteiger partial charge in [-0.2, -0.15) is 0 Å². The number of nitrogens with one attached hydrogen (secondary N) is 1. The molecule has 0 spiro atoms. The van der Waals surface area contributed by atoms with Gasteiger partial charge >= 0.3 is 0 Å². The van der Waals surface area contributed by atoms with Gasteiger partial charge in [0.15, 0.2) is 0 Å². The molecule has 0 heterocycles. The minimum atomic E-state index is -0.151. The van der Waals surface area contributed by atoms with Crippen LogP contribution in [0.4, 0.5) is 4.39 Å². The van der Waals surface area contributed by atoms with E-state index in [1.54, 1.807) is 12.1 Å². The van der Waals surface area contributed by atoms with E-state index in [4.69, 9.17) is 0 Å². The molecule has 1 nitrogen and oxygen atoms in total. The number of rotatable bonds is 4. The Morgan fingerprint density at radius 2 is 1.65 bits per heavy atom. The summed E-state index contributed by atoms with van der Waals surface area (Å²) in [5.74, 6) is 0.438. The van der Waals surface area contributed by atoms with Crippen LogP contribution in [0, 0.1) is 12.7 Å². The standard InChI is InChI=1S/C18H20FN/c1-13-2-4-14(5-3-13)12-20-18-10-16(11-18)15-6-8-17(19)9-7-15/h2-9,16,18,20H,10-12H2,1H3. The van der Waals surface area contributed by atoms with Crippen molar-refractivity contribution in [3.8, 4) is 0 Å². The van der Waals surface area contributed by atoms with Crippen LogP contribution in [0.3, 0.4) is 0 Å². The molecule has 2 heteroatoms. The van der Waals surface area contributed by atoms with Gasteiger partial charge in [-0.05, 0) is 48.9 Å². The number of aryl methyl sites for hydroxylation is 1. The number of benzene rings is 2. The molecule has 2 aromatic rings. The molecule has 2 aromatic carbocycles. The Labute approximate surface area is 119 Å². The van der Waals surface area contributed by atoms with Crippen molar-refractivity contribution in [1.29, 1.82) is 0 Å². The molecule has 0 unspecified atom stereocenters. The summed E-state index contributed by atoms with van der Waals surface area (Å²) in [5.41, 5.74) is 3.90. The van der Waals surface area contributed by atoms with E-state index in [2.05, 4.69) is 36.5 Å². The largest absolute Gasteiger partial charge is 0.310 e. The molecule has 20 heavy (non-hydrogen) atoms. The third-order valence-electron chi connectivity index (χ3n) is 4.19. The molecule has 0 bridgehead atoms. The molecule has 0 atom stereocenters. The SMILES string of the molecule is Cc1ccc(CNC2CC(c3ccc(F)cc3)C2)cc1. The summed E-state index contributed by atoms with van der Waals surface area (Å²) in [6.07, 6.45) is 2.30. The maximum absolute atomic E-state index is 12.9. The van der Waals surface area contributed by atoms with E-state index < -0.39 is 0 Å². The molecule has 1 N–H and O–H groups in total. The van der Waals surface area contributed by atoms with Gasteiger partial charge in [0, 0.05) is 12.6 Å². The van der Waals surface area contributed by atoms with Crippen LogP contribution in [0.1, 0.15) is 35.4 Å². The smallest absolute Gasteiger partial charge is 0.123 e. The molecule has 1 aliphatic rings. The van der Waals surface area contributed by atoms with E-state index in [0.717, 1.165) is 19.4 Å². The topological polar surface area (TPSA) is 12.0 Å². The van der Waals surface area contributed by atoms with Gasteiger partial charge in [-0.25, -0.2) is 4.39 Å². The van der Waals surface area contributed by atoms with Gasteiger partial charge in [0.1, 0.15) is 5.82 Å². The van der Waals surface area contributed by atoms with E-state index in [1.807, 2.05) is 12.1 Å². The van der Waals surface area contributed by atoms with E-state index >= 15 is 0 Å². The van der Waals surface area contributed by atoms with E-state index in [0.29, 0.717) is 12.0 Å². The monoisotopic (exact) mass is 269 g/mol. The minimum Gasteiger partial charge on any atom is -0.310 e. The average Bonchev–Trinajstić information content (AvgIpc) is 2.41. The Morgan fingerprint density at radius 1 is 1.00 bits per heavy atom. The van der Waals surface area contributed by atoms with E-state index in [9.17, 15) is 4.39 Å². The maximum atomic E-state index is 12.9. The highest BCUT2D eigenvalue weighted by Gasteiger charge is 2.29. The number of halogens is 1. The fourth-order valence-electron chi connectivity index (χ4n) is 2.76. The zero-order valence-electron chi connectivity index (χ0n) is 11.8. The van der Waals surface area contributed by atoms with Crippen LogP contribution in [-0.2, 0) is 6.54 Å². The summed E-state index contributed by atoms with van der Waals surface area (Å²) in [7, 11) is 0. The van der Waals surface area contributed by atoms with Gasteiger partial charge in [-0.1, -0.05) is 42.0 Å². The van der Waals surface area contributed by atoms with Crippen molar-refractivity contribution in [2.75, 3.05) is 0 Å². The normalized spacial score (nSPS) is 21.5. The second-order valence-corrected chi connectivity index (χ2v) is 5.78. The van der Waals surface area contributed by atoms with Crippen molar-refractivity contribution in [2.45, 2.75) is 38.3 Å². The van der Waals surface area contributed by atoms with Gasteiger partial charge in [0.25, 0.3) is 0 Å². The molecular weight excluding hydrogens is 249 g/mol. The molecule has 104 valence electrons. The Balaban J connectivity index is 1.46.